The summed E-state index contributed by atoms with van der Waals surface area (Å²) in [5, 5.41) is 14.2. The van der Waals surface area contributed by atoms with Gasteiger partial charge < -0.3 is 14.4 Å². The average molecular weight is 481 g/mol. The second-order valence-corrected chi connectivity index (χ2v) is 11.5. The molecule has 0 aliphatic carbocycles. The molecule has 2 fully saturated rings. The van der Waals surface area contributed by atoms with Gasteiger partial charge in [-0.1, -0.05) is 18.1 Å². The first-order valence-corrected chi connectivity index (χ1v) is 13.0. The summed E-state index contributed by atoms with van der Waals surface area (Å²) < 4.78 is 36.7. The Balaban J connectivity index is 1.56. The molecule has 9 nitrogen and oxygen atoms in total. The van der Waals surface area contributed by atoms with Crippen molar-refractivity contribution in [3.05, 3.63) is 35.7 Å². The molecule has 0 radical (unpaired) electrons. The van der Waals surface area contributed by atoms with Crippen LogP contribution in [0.1, 0.15) is 51.8 Å². The first-order chi connectivity index (χ1) is 15.6. The number of anilines is 1. The second-order valence-electron chi connectivity index (χ2n) is 9.54. The molecule has 0 unspecified atom stereocenters. The quantitative estimate of drug-likeness (QED) is 0.551. The van der Waals surface area contributed by atoms with Crippen LogP contribution in [0.5, 0.6) is 11.5 Å². The van der Waals surface area contributed by atoms with Crippen LogP contribution in [0, 0.1) is 0 Å². The summed E-state index contributed by atoms with van der Waals surface area (Å²) in [5.74, 6) is 0.647. The molecule has 2 aliphatic heterocycles. The number of likely N-dealkylation sites (N-methyl/N-ethyl adjacent to an activating group) is 1. The maximum Gasteiger partial charge on any atom is 0.161 e. The normalized spacial score (nSPS) is 26.9. The Bertz CT molecular complexity index is 984. The van der Waals surface area contributed by atoms with E-state index in [-0.39, 0.29) is 17.9 Å². The minimum absolute atomic E-state index is 0.0181. The first kappa shape index (κ1) is 24.2. The number of aromatic hydroxyl groups is 1. The fourth-order valence-electron chi connectivity index (χ4n) is 5.17. The van der Waals surface area contributed by atoms with Crippen molar-refractivity contribution in [3.8, 4) is 11.5 Å². The fourth-order valence-corrected chi connectivity index (χ4v) is 7.02. The maximum atomic E-state index is 11.1. The Labute approximate surface area is 197 Å². The van der Waals surface area contributed by atoms with Gasteiger partial charge in [0.25, 0.3) is 0 Å². The van der Waals surface area contributed by atoms with Crippen LogP contribution in [0.3, 0.4) is 0 Å². The molecule has 2 aromatic rings. The van der Waals surface area contributed by atoms with Crippen LogP contribution in [0.15, 0.2) is 29.0 Å². The van der Waals surface area contributed by atoms with Crippen molar-refractivity contribution in [3.63, 3.8) is 0 Å². The van der Waals surface area contributed by atoms with Gasteiger partial charge in [0.15, 0.2) is 11.5 Å². The van der Waals surface area contributed by atoms with Crippen LogP contribution < -0.4 is 9.04 Å². The molecule has 184 valence electrons. The van der Waals surface area contributed by atoms with Crippen LogP contribution >= 0.6 is 11.0 Å². The molecule has 1 spiro atoms. The van der Waals surface area contributed by atoms with E-state index in [1.807, 2.05) is 32.9 Å². The third kappa shape index (κ3) is 4.42. The fraction of sp³-hybridized carbons (Fsp3) is 0.609. The van der Waals surface area contributed by atoms with Gasteiger partial charge in [-0.2, -0.15) is 4.31 Å². The Morgan fingerprint density at radius 3 is 2.76 bits per heavy atom. The van der Waals surface area contributed by atoms with Crippen LogP contribution in [0.2, 0.25) is 0 Å². The molecule has 2 aliphatic rings. The Morgan fingerprint density at radius 2 is 2.09 bits per heavy atom. The Kier molecular flexibility index (Phi) is 6.58. The van der Waals surface area contributed by atoms with Crippen molar-refractivity contribution in [1.82, 2.24) is 14.4 Å². The summed E-state index contributed by atoms with van der Waals surface area (Å²) in [6.45, 7) is 10.1. The number of piperidine rings is 1. The molecular formula is C23H36N4O5S. The summed E-state index contributed by atoms with van der Waals surface area (Å²) in [4.78, 5) is 2.40. The standard InChI is InChI=1S/C23H36N4O5S/c1-6-19-20(14-31-24-19)27-23(15-25(5)33(27,29)30)9-10-26(17(4)12-23)13-18-7-8-21(28)22(11-18)32-16(2)3/h7-8,11,14,16-17,28-30H,6,9-10,12-13,15H2,1-5H3/t17-,23+/m0/s1. The van der Waals surface area contributed by atoms with Crippen LogP contribution in [0.4, 0.5) is 5.69 Å². The molecule has 2 saturated heterocycles. The van der Waals surface area contributed by atoms with E-state index in [0.29, 0.717) is 24.4 Å². The topological polar surface area (TPSA) is 106 Å². The lowest BCUT2D eigenvalue weighted by molar-refractivity contribution is 0.100. The Morgan fingerprint density at radius 1 is 1.33 bits per heavy atom. The number of phenols is 1. The van der Waals surface area contributed by atoms with E-state index in [1.165, 1.54) is 6.26 Å². The molecule has 10 heteroatoms. The molecule has 0 amide bonds. The number of ether oxygens (including phenoxy) is 1. The van der Waals surface area contributed by atoms with Gasteiger partial charge in [-0.05, 0) is 68.7 Å². The van der Waals surface area contributed by atoms with Crippen molar-refractivity contribution < 1.29 is 23.5 Å². The van der Waals surface area contributed by atoms with E-state index in [2.05, 4.69) is 17.0 Å². The molecule has 4 rings (SSSR count). The maximum absolute atomic E-state index is 11.1. The summed E-state index contributed by atoms with van der Waals surface area (Å²) in [6.07, 6.45) is 3.72. The number of phenolic OH excluding ortho intramolecular Hbond substituents is 1. The molecule has 0 bridgehead atoms. The van der Waals surface area contributed by atoms with Gasteiger partial charge in [0.05, 0.1) is 11.6 Å². The molecule has 33 heavy (non-hydrogen) atoms. The number of nitrogens with zero attached hydrogens (tertiary/aromatic N) is 4. The zero-order chi connectivity index (χ0) is 24.0. The van der Waals surface area contributed by atoms with E-state index in [9.17, 15) is 14.2 Å². The van der Waals surface area contributed by atoms with Crippen LogP contribution in [0.25, 0.3) is 0 Å². The monoisotopic (exact) mass is 480 g/mol. The lowest BCUT2D eigenvalue weighted by atomic mass is 9.82. The molecule has 1 aromatic heterocycles. The molecule has 1 aromatic carbocycles. The number of aromatic nitrogens is 1. The smallest absolute Gasteiger partial charge is 0.161 e. The van der Waals surface area contributed by atoms with Gasteiger partial charge in [0.1, 0.15) is 17.6 Å². The third-order valence-electron chi connectivity index (χ3n) is 6.72. The van der Waals surface area contributed by atoms with Gasteiger partial charge in [-0.25, -0.2) is 4.31 Å². The minimum Gasteiger partial charge on any atom is -0.504 e. The SMILES string of the molecule is CCc1nocc1N1[C@@]2(CCN(Cc3ccc(O)c(OC(C)C)c3)[C@@H](C)C2)CN(C)S1(O)O. The van der Waals surface area contributed by atoms with Crippen molar-refractivity contribution in [1.29, 1.82) is 0 Å². The number of rotatable bonds is 6. The number of likely N-dealkylation sites (tertiary alicyclic amines) is 1. The van der Waals surface area contributed by atoms with Crippen molar-refractivity contribution in [2.24, 2.45) is 0 Å². The molecule has 0 saturated carbocycles. The van der Waals surface area contributed by atoms with Crippen LogP contribution in [-0.2, 0) is 13.0 Å². The number of hydrogen-bond acceptors (Lipinski definition) is 9. The largest absolute Gasteiger partial charge is 0.504 e. The number of benzene rings is 1. The highest BCUT2D eigenvalue weighted by atomic mass is 32.3. The predicted molar refractivity (Wildman–Crippen MR) is 130 cm³/mol. The predicted octanol–water partition coefficient (Wildman–Crippen LogP) is 4.49. The second kappa shape index (κ2) is 8.99. The third-order valence-corrected chi connectivity index (χ3v) is 8.76. The summed E-state index contributed by atoms with van der Waals surface area (Å²) in [5.41, 5.74) is 2.07. The summed E-state index contributed by atoms with van der Waals surface area (Å²) >= 11 is 0. The van der Waals surface area contributed by atoms with E-state index in [0.717, 1.165) is 37.2 Å². The highest BCUT2D eigenvalue weighted by molar-refractivity contribution is 8.23. The summed E-state index contributed by atoms with van der Waals surface area (Å²) in [7, 11) is -1.38. The van der Waals surface area contributed by atoms with Gasteiger partial charge >= 0.3 is 0 Å². The molecule has 2 atom stereocenters. The average Bonchev–Trinajstić information content (AvgIpc) is 3.26. The van der Waals surface area contributed by atoms with E-state index in [1.54, 1.807) is 21.7 Å². The van der Waals surface area contributed by atoms with E-state index in [4.69, 9.17) is 9.26 Å². The highest BCUT2D eigenvalue weighted by Crippen LogP contribution is 2.61. The number of hydrogen-bond donors (Lipinski definition) is 3. The lowest BCUT2D eigenvalue weighted by Gasteiger charge is -2.51. The van der Waals surface area contributed by atoms with Gasteiger partial charge in [0, 0.05) is 32.7 Å². The van der Waals surface area contributed by atoms with Gasteiger partial charge in [-0.3, -0.25) is 14.0 Å². The zero-order valence-corrected chi connectivity index (χ0v) is 20.9. The van der Waals surface area contributed by atoms with Crippen LogP contribution in [-0.4, -0.2) is 66.4 Å². The summed E-state index contributed by atoms with van der Waals surface area (Å²) in [6, 6.07) is 5.72. The lowest BCUT2D eigenvalue weighted by Crippen LogP contribution is -2.57. The van der Waals surface area contributed by atoms with Gasteiger partial charge in [-0.15, -0.1) is 0 Å². The minimum atomic E-state index is -3.15. The number of aryl methyl sites for hydroxylation is 1. The van der Waals surface area contributed by atoms with Crippen molar-refractivity contribution >= 4 is 16.6 Å². The molecule has 3 heterocycles. The van der Waals surface area contributed by atoms with E-state index >= 15 is 0 Å². The Hall–Kier alpha value is -1.98. The zero-order valence-electron chi connectivity index (χ0n) is 20.1. The first-order valence-electron chi connectivity index (χ1n) is 11.5. The van der Waals surface area contributed by atoms with Crippen molar-refractivity contribution in [2.45, 2.75) is 71.2 Å². The highest BCUT2D eigenvalue weighted by Gasteiger charge is 2.56. The molecular weight excluding hydrogens is 444 g/mol. The van der Waals surface area contributed by atoms with E-state index < -0.39 is 16.5 Å². The van der Waals surface area contributed by atoms with Crippen molar-refractivity contribution in [2.75, 3.05) is 24.4 Å². The van der Waals surface area contributed by atoms with Gasteiger partial charge in [0.2, 0.25) is 0 Å². The molecule has 3 N–H and O–H groups in total.